The summed E-state index contributed by atoms with van der Waals surface area (Å²) in [4.78, 5) is 44.3. The monoisotopic (exact) mass is 533 g/mol. The fourth-order valence-corrected chi connectivity index (χ4v) is 3.48. The van der Waals surface area contributed by atoms with Crippen LogP contribution in [0.5, 0.6) is 5.75 Å². The van der Waals surface area contributed by atoms with Gasteiger partial charge in [0.2, 0.25) is 5.91 Å². The molecule has 2 aromatic rings. The first-order chi connectivity index (χ1) is 17.1. The average molecular weight is 533 g/mol. The highest BCUT2D eigenvalue weighted by Gasteiger charge is 2.52. The Morgan fingerprint density at radius 3 is 2.30 bits per heavy atom. The third-order valence-corrected chi connectivity index (χ3v) is 5.25. The Labute approximate surface area is 206 Å². The summed E-state index contributed by atoms with van der Waals surface area (Å²) in [6.07, 6.45) is -6.78. The molecule has 0 atom stereocenters. The molecule has 0 spiro atoms. The van der Waals surface area contributed by atoms with Gasteiger partial charge in [0, 0.05) is 18.9 Å². The van der Waals surface area contributed by atoms with Gasteiger partial charge in [-0.2, -0.15) is 13.2 Å². The van der Waals surface area contributed by atoms with E-state index in [9.17, 15) is 40.7 Å². The minimum Gasteiger partial charge on any atom is -0.404 e. The number of rotatable bonds is 8. The molecule has 200 valence electrons. The van der Waals surface area contributed by atoms with Gasteiger partial charge in [0.1, 0.15) is 5.54 Å². The number of ether oxygens (including phenoxy) is 1. The quantitative estimate of drug-likeness (QED) is 0.395. The molecule has 1 aliphatic heterocycles. The summed E-state index contributed by atoms with van der Waals surface area (Å²) in [5.74, 6) is -2.71. The number of urea groups is 1. The third kappa shape index (κ3) is 6.87. The van der Waals surface area contributed by atoms with Crippen molar-refractivity contribution in [3.8, 4) is 5.75 Å². The molecule has 9 nitrogen and oxygen atoms in total. The second kappa shape index (κ2) is 10.2. The maximum atomic E-state index is 13.2. The van der Waals surface area contributed by atoms with E-state index in [4.69, 9.17) is 0 Å². The zero-order valence-electron chi connectivity index (χ0n) is 19.4. The van der Waals surface area contributed by atoms with Crippen molar-refractivity contribution in [2.75, 3.05) is 23.3 Å². The third-order valence-electron chi connectivity index (χ3n) is 5.25. The lowest BCUT2D eigenvalue weighted by atomic mass is 10.0. The number of pyridine rings is 1. The molecule has 0 bridgehead atoms. The van der Waals surface area contributed by atoms with E-state index in [-0.39, 0.29) is 12.2 Å². The molecular weight excluding hydrogens is 512 g/mol. The van der Waals surface area contributed by atoms with Crippen LogP contribution in [0, 0.1) is 0 Å². The largest absolute Gasteiger partial charge is 0.573 e. The Morgan fingerprint density at radius 1 is 1.05 bits per heavy atom. The van der Waals surface area contributed by atoms with Gasteiger partial charge in [-0.15, -0.1) is 13.2 Å². The van der Waals surface area contributed by atoms with Crippen LogP contribution in [0.3, 0.4) is 0 Å². The number of halogens is 6. The van der Waals surface area contributed by atoms with Crippen LogP contribution in [0.15, 0.2) is 42.7 Å². The summed E-state index contributed by atoms with van der Waals surface area (Å²) in [5, 5.41) is 3.83. The highest BCUT2D eigenvalue weighted by molar-refractivity contribution is 6.23. The number of benzene rings is 1. The summed E-state index contributed by atoms with van der Waals surface area (Å²) in [5.41, 5.74) is -1.47. The van der Waals surface area contributed by atoms with E-state index in [0.717, 1.165) is 23.1 Å². The Bertz CT molecular complexity index is 1170. The predicted molar refractivity (Wildman–Crippen MR) is 117 cm³/mol. The van der Waals surface area contributed by atoms with Crippen LogP contribution in [-0.4, -0.2) is 58.9 Å². The summed E-state index contributed by atoms with van der Waals surface area (Å²) in [7, 11) is 0. The van der Waals surface area contributed by atoms with Gasteiger partial charge in [-0.25, -0.2) is 9.69 Å². The standard InChI is InChI=1S/C22H21F6N5O4/c1-20(2)18(35)33(19(36)32(20)11-13-5-7-29-8-6-13)14-3-4-16(37-22(26,27)28)15(9-14)31-17(34)10-30-12-21(23,24)25/h3-9,30H,10-12H2,1-2H3,(H,31,34). The van der Waals surface area contributed by atoms with Crippen LogP contribution in [0.1, 0.15) is 19.4 Å². The smallest absolute Gasteiger partial charge is 0.404 e. The topological polar surface area (TPSA) is 104 Å². The van der Waals surface area contributed by atoms with Gasteiger partial charge in [0.15, 0.2) is 5.75 Å². The SMILES string of the molecule is CC1(C)C(=O)N(c2ccc(OC(F)(F)F)c(NC(=O)CNCC(F)(F)F)c2)C(=O)N1Cc1ccncc1. The minimum atomic E-state index is -5.17. The molecule has 2 N–H and O–H groups in total. The minimum absolute atomic E-state index is 0.0281. The van der Waals surface area contributed by atoms with E-state index in [2.05, 4.69) is 9.72 Å². The normalized spacial score (nSPS) is 15.8. The highest BCUT2D eigenvalue weighted by atomic mass is 19.4. The lowest BCUT2D eigenvalue weighted by molar-refractivity contribution is -0.274. The summed E-state index contributed by atoms with van der Waals surface area (Å²) in [6, 6.07) is 5.19. The van der Waals surface area contributed by atoms with E-state index in [1.54, 1.807) is 17.4 Å². The molecule has 0 radical (unpaired) electrons. The van der Waals surface area contributed by atoms with Gasteiger partial charge in [0.05, 0.1) is 24.5 Å². The summed E-state index contributed by atoms with van der Waals surface area (Å²) in [6.45, 7) is 0.616. The van der Waals surface area contributed by atoms with Gasteiger partial charge < -0.3 is 20.3 Å². The van der Waals surface area contributed by atoms with Crippen LogP contribution in [-0.2, 0) is 16.1 Å². The van der Waals surface area contributed by atoms with Crippen molar-refractivity contribution in [1.82, 2.24) is 15.2 Å². The molecule has 15 heteroatoms. The molecule has 1 aliphatic rings. The van der Waals surface area contributed by atoms with E-state index in [0.29, 0.717) is 5.56 Å². The zero-order valence-corrected chi connectivity index (χ0v) is 19.4. The highest BCUT2D eigenvalue weighted by Crippen LogP contribution is 2.38. The number of imide groups is 1. The molecular formula is C22H21F6N5O4. The second-order valence-corrected chi connectivity index (χ2v) is 8.42. The van der Waals surface area contributed by atoms with Crippen LogP contribution in [0.25, 0.3) is 0 Å². The zero-order chi connectivity index (χ0) is 27.6. The first-order valence-corrected chi connectivity index (χ1v) is 10.6. The first-order valence-electron chi connectivity index (χ1n) is 10.6. The summed E-state index contributed by atoms with van der Waals surface area (Å²) >= 11 is 0. The molecule has 1 aromatic heterocycles. The van der Waals surface area contributed by atoms with E-state index >= 15 is 0 Å². The molecule has 1 aromatic carbocycles. The molecule has 0 saturated carbocycles. The molecule has 37 heavy (non-hydrogen) atoms. The number of alkyl halides is 6. The number of carbonyl (C=O) groups excluding carboxylic acids is 3. The van der Waals surface area contributed by atoms with Crippen molar-refractivity contribution in [2.24, 2.45) is 0 Å². The molecule has 2 heterocycles. The number of hydrogen-bond acceptors (Lipinski definition) is 6. The van der Waals surface area contributed by atoms with Crippen LogP contribution >= 0.6 is 0 Å². The molecule has 0 aliphatic carbocycles. The lowest BCUT2D eigenvalue weighted by Gasteiger charge is -2.27. The van der Waals surface area contributed by atoms with E-state index in [1.165, 1.54) is 31.1 Å². The van der Waals surface area contributed by atoms with E-state index in [1.807, 2.05) is 5.32 Å². The van der Waals surface area contributed by atoms with Crippen LogP contribution in [0.2, 0.25) is 0 Å². The Hall–Kier alpha value is -3.88. The van der Waals surface area contributed by atoms with Gasteiger partial charge in [-0.3, -0.25) is 14.6 Å². The number of anilines is 2. The molecule has 0 unspecified atom stereocenters. The van der Waals surface area contributed by atoms with Crippen molar-refractivity contribution >= 4 is 29.2 Å². The van der Waals surface area contributed by atoms with Gasteiger partial charge >= 0.3 is 18.6 Å². The van der Waals surface area contributed by atoms with Gasteiger partial charge in [-0.05, 0) is 49.7 Å². The van der Waals surface area contributed by atoms with E-state index < -0.39 is 60.4 Å². The molecule has 1 fully saturated rings. The fraction of sp³-hybridized carbons (Fsp3) is 0.364. The van der Waals surface area contributed by atoms with Crippen molar-refractivity contribution in [2.45, 2.75) is 38.5 Å². The number of amides is 4. The van der Waals surface area contributed by atoms with Crippen molar-refractivity contribution < 1.29 is 45.5 Å². The van der Waals surface area contributed by atoms with Gasteiger partial charge in [0.25, 0.3) is 5.91 Å². The van der Waals surface area contributed by atoms with Crippen LogP contribution in [0.4, 0.5) is 42.5 Å². The van der Waals surface area contributed by atoms with Crippen molar-refractivity contribution in [3.05, 3.63) is 48.3 Å². The number of aromatic nitrogens is 1. The Kier molecular flexibility index (Phi) is 7.67. The maximum Gasteiger partial charge on any atom is 0.573 e. The average Bonchev–Trinajstić information content (AvgIpc) is 2.93. The van der Waals surface area contributed by atoms with Gasteiger partial charge in [-0.1, -0.05) is 0 Å². The number of nitrogens with one attached hydrogen (secondary N) is 2. The number of carbonyl (C=O) groups is 3. The second-order valence-electron chi connectivity index (χ2n) is 8.42. The fourth-order valence-electron chi connectivity index (χ4n) is 3.48. The maximum absolute atomic E-state index is 13.2. The summed E-state index contributed by atoms with van der Waals surface area (Å²) < 4.78 is 79.4. The molecule has 1 saturated heterocycles. The first kappa shape index (κ1) is 27.7. The predicted octanol–water partition coefficient (Wildman–Crippen LogP) is 3.82. The molecule has 3 rings (SSSR count). The Balaban J connectivity index is 1.90. The van der Waals surface area contributed by atoms with Crippen LogP contribution < -0.4 is 20.3 Å². The Morgan fingerprint density at radius 2 is 1.70 bits per heavy atom. The number of hydrogen-bond donors (Lipinski definition) is 2. The number of nitrogens with zero attached hydrogens (tertiary/aromatic N) is 3. The molecule has 4 amide bonds. The van der Waals surface area contributed by atoms with Crippen molar-refractivity contribution in [3.63, 3.8) is 0 Å². The lowest BCUT2D eigenvalue weighted by Crippen LogP contribution is -2.43. The van der Waals surface area contributed by atoms with Crippen molar-refractivity contribution in [1.29, 1.82) is 0 Å².